The smallest absolute Gasteiger partial charge is 0.336 e. The van der Waals surface area contributed by atoms with Gasteiger partial charge in [0, 0.05) is 29.3 Å². The van der Waals surface area contributed by atoms with Crippen LogP contribution in [0.5, 0.6) is 11.5 Å². The predicted molar refractivity (Wildman–Crippen MR) is 123 cm³/mol. The van der Waals surface area contributed by atoms with Gasteiger partial charge in [-0.2, -0.15) is 0 Å². The maximum Gasteiger partial charge on any atom is 0.336 e. The molecule has 0 saturated carbocycles. The van der Waals surface area contributed by atoms with Gasteiger partial charge in [0.15, 0.2) is 17.3 Å². The number of ether oxygens (including phenoxy) is 3. The summed E-state index contributed by atoms with van der Waals surface area (Å²) in [6.45, 7) is 4.33. The monoisotopic (exact) mass is 445 g/mol. The van der Waals surface area contributed by atoms with Crippen LogP contribution in [0.4, 0.5) is 0 Å². The Morgan fingerprint density at radius 3 is 2.64 bits per heavy atom. The third-order valence-electron chi connectivity index (χ3n) is 6.49. The number of carbonyl (C=O) groups excluding carboxylic acids is 2. The first-order valence-corrected chi connectivity index (χ1v) is 11.4. The van der Waals surface area contributed by atoms with E-state index >= 15 is 0 Å². The molecular weight excluding hydrogens is 418 g/mol. The number of hydrogen-bond donors (Lipinski definition) is 1. The number of dihydropyridines is 1. The van der Waals surface area contributed by atoms with Crippen LogP contribution in [0.3, 0.4) is 0 Å². The summed E-state index contributed by atoms with van der Waals surface area (Å²) in [6, 6.07) is 15.7. The van der Waals surface area contributed by atoms with Gasteiger partial charge in [0.25, 0.3) is 0 Å². The minimum atomic E-state index is -0.510. The molecular formula is C27H27NO5. The molecule has 0 bridgehead atoms. The maximum absolute atomic E-state index is 13.6. The van der Waals surface area contributed by atoms with Gasteiger partial charge in [-0.1, -0.05) is 43.3 Å². The lowest BCUT2D eigenvalue weighted by molar-refractivity contribution is -0.139. The van der Waals surface area contributed by atoms with E-state index in [-0.39, 0.29) is 18.5 Å². The number of ketones is 1. The highest BCUT2D eigenvalue weighted by Crippen LogP contribution is 2.47. The molecule has 2 aliphatic heterocycles. The third kappa shape index (κ3) is 3.90. The average molecular weight is 446 g/mol. The summed E-state index contributed by atoms with van der Waals surface area (Å²) in [6.07, 6.45) is 1.84. The molecule has 1 N–H and O–H groups in total. The van der Waals surface area contributed by atoms with Crippen LogP contribution in [0.25, 0.3) is 0 Å². The molecule has 0 unspecified atom stereocenters. The average Bonchev–Trinajstić information content (AvgIpc) is 3.30. The SMILES string of the molecule is CCCOC(=O)C1=C(C)NC2=C(C(=O)C[C@H](c3ccccc3)C2)[C@@H]1c1ccc2c(c1)OCO2. The molecule has 6 heteroatoms. The van der Waals surface area contributed by atoms with Crippen LogP contribution in [0.1, 0.15) is 56.1 Å². The highest BCUT2D eigenvalue weighted by Gasteiger charge is 2.41. The Balaban J connectivity index is 1.58. The quantitative estimate of drug-likeness (QED) is 0.671. The zero-order valence-corrected chi connectivity index (χ0v) is 18.9. The van der Waals surface area contributed by atoms with Crippen LogP contribution in [-0.4, -0.2) is 25.2 Å². The molecule has 0 fully saturated rings. The largest absolute Gasteiger partial charge is 0.462 e. The van der Waals surface area contributed by atoms with E-state index in [1.54, 1.807) is 0 Å². The second-order valence-electron chi connectivity index (χ2n) is 8.68. The van der Waals surface area contributed by atoms with Gasteiger partial charge in [0.1, 0.15) is 0 Å². The van der Waals surface area contributed by atoms with Crippen molar-refractivity contribution in [1.82, 2.24) is 5.32 Å². The molecule has 0 radical (unpaired) electrons. The number of Topliss-reactive ketones (excluding diaryl/α,β-unsaturated/α-hetero) is 1. The van der Waals surface area contributed by atoms with Crippen molar-refractivity contribution >= 4 is 11.8 Å². The fourth-order valence-electron chi connectivity index (χ4n) is 4.97. The van der Waals surface area contributed by atoms with Crippen LogP contribution in [0.15, 0.2) is 71.1 Å². The van der Waals surface area contributed by atoms with Crippen molar-refractivity contribution in [3.63, 3.8) is 0 Å². The van der Waals surface area contributed by atoms with Gasteiger partial charge in [-0.3, -0.25) is 4.79 Å². The molecule has 5 rings (SSSR count). The summed E-state index contributed by atoms with van der Waals surface area (Å²) in [7, 11) is 0. The van der Waals surface area contributed by atoms with Crippen molar-refractivity contribution in [3.05, 3.63) is 82.2 Å². The van der Waals surface area contributed by atoms with Crippen LogP contribution < -0.4 is 14.8 Å². The number of esters is 1. The van der Waals surface area contributed by atoms with Gasteiger partial charge >= 0.3 is 5.97 Å². The first-order valence-electron chi connectivity index (χ1n) is 11.4. The fourth-order valence-corrected chi connectivity index (χ4v) is 4.97. The van der Waals surface area contributed by atoms with Crippen LogP contribution >= 0.6 is 0 Å². The summed E-state index contributed by atoms with van der Waals surface area (Å²) in [5.74, 6) is 0.532. The molecule has 2 aromatic rings. The highest BCUT2D eigenvalue weighted by molar-refractivity contribution is 6.04. The second-order valence-corrected chi connectivity index (χ2v) is 8.68. The van der Waals surface area contributed by atoms with E-state index in [9.17, 15) is 9.59 Å². The predicted octanol–water partition coefficient (Wildman–Crippen LogP) is 4.73. The zero-order chi connectivity index (χ0) is 22.9. The molecule has 0 amide bonds. The lowest BCUT2D eigenvalue weighted by Gasteiger charge is -2.36. The maximum atomic E-state index is 13.6. The lowest BCUT2D eigenvalue weighted by atomic mass is 9.71. The summed E-state index contributed by atoms with van der Waals surface area (Å²) in [5, 5.41) is 3.39. The second kappa shape index (κ2) is 8.77. The Morgan fingerprint density at radius 1 is 1.06 bits per heavy atom. The number of fused-ring (bicyclic) bond motifs is 1. The zero-order valence-electron chi connectivity index (χ0n) is 18.9. The minimum absolute atomic E-state index is 0.0496. The Labute approximate surface area is 193 Å². The van der Waals surface area contributed by atoms with Gasteiger partial charge in [-0.05, 0) is 48.9 Å². The van der Waals surface area contributed by atoms with E-state index in [0.717, 1.165) is 28.9 Å². The van der Waals surface area contributed by atoms with Crippen molar-refractivity contribution in [2.75, 3.05) is 13.4 Å². The molecule has 0 saturated heterocycles. The van der Waals surface area contributed by atoms with Crippen molar-refractivity contribution in [2.24, 2.45) is 0 Å². The Bertz CT molecular complexity index is 1160. The molecule has 33 heavy (non-hydrogen) atoms. The molecule has 2 atom stereocenters. The van der Waals surface area contributed by atoms with Crippen LogP contribution in [0, 0.1) is 0 Å². The first-order chi connectivity index (χ1) is 16.1. The molecule has 3 aliphatic rings. The van der Waals surface area contributed by atoms with Crippen molar-refractivity contribution in [1.29, 1.82) is 0 Å². The van der Waals surface area contributed by atoms with Crippen LogP contribution in [0.2, 0.25) is 0 Å². The van der Waals surface area contributed by atoms with Crippen molar-refractivity contribution < 1.29 is 23.8 Å². The number of nitrogens with one attached hydrogen (secondary N) is 1. The standard InChI is InChI=1S/C27H27NO5/c1-3-11-31-27(30)24-16(2)28-20-12-19(17-7-5-4-6-8-17)13-21(29)26(20)25(24)18-9-10-22-23(14-18)33-15-32-22/h4-10,14,19,25,28H,3,11-13,15H2,1-2H3/t19-,25-/m1/s1. The van der Waals surface area contributed by atoms with Gasteiger partial charge in [-0.15, -0.1) is 0 Å². The summed E-state index contributed by atoms with van der Waals surface area (Å²) in [5.41, 5.74) is 4.70. The number of hydrogen-bond acceptors (Lipinski definition) is 6. The molecule has 0 spiro atoms. The fraction of sp³-hybridized carbons (Fsp3) is 0.333. The number of carbonyl (C=O) groups is 2. The molecule has 2 aromatic carbocycles. The van der Waals surface area contributed by atoms with E-state index in [0.29, 0.717) is 42.1 Å². The number of benzene rings is 2. The Hall–Kier alpha value is -3.54. The molecule has 1 aliphatic carbocycles. The van der Waals surface area contributed by atoms with E-state index in [1.807, 2.05) is 50.2 Å². The molecule has 170 valence electrons. The Kier molecular flexibility index (Phi) is 5.67. The normalized spacial score (nSPS) is 21.6. The number of rotatable bonds is 5. The van der Waals surface area contributed by atoms with E-state index < -0.39 is 11.9 Å². The number of allylic oxidation sites excluding steroid dienone is 3. The summed E-state index contributed by atoms with van der Waals surface area (Å²) in [4.78, 5) is 26.7. The third-order valence-corrected chi connectivity index (χ3v) is 6.49. The lowest BCUT2D eigenvalue weighted by Crippen LogP contribution is -2.36. The van der Waals surface area contributed by atoms with Crippen molar-refractivity contribution in [2.45, 2.75) is 44.9 Å². The van der Waals surface area contributed by atoms with Crippen LogP contribution in [-0.2, 0) is 14.3 Å². The summed E-state index contributed by atoms with van der Waals surface area (Å²) >= 11 is 0. The van der Waals surface area contributed by atoms with Gasteiger partial charge in [0.2, 0.25) is 6.79 Å². The highest BCUT2D eigenvalue weighted by atomic mass is 16.7. The minimum Gasteiger partial charge on any atom is -0.462 e. The van der Waals surface area contributed by atoms with Gasteiger partial charge < -0.3 is 19.5 Å². The Morgan fingerprint density at radius 2 is 1.85 bits per heavy atom. The van der Waals surface area contributed by atoms with Gasteiger partial charge in [-0.25, -0.2) is 4.79 Å². The first kappa shape index (κ1) is 21.3. The van der Waals surface area contributed by atoms with E-state index in [4.69, 9.17) is 14.2 Å². The topological polar surface area (TPSA) is 73.9 Å². The summed E-state index contributed by atoms with van der Waals surface area (Å²) < 4.78 is 16.6. The van der Waals surface area contributed by atoms with Crippen molar-refractivity contribution in [3.8, 4) is 11.5 Å². The van der Waals surface area contributed by atoms with E-state index in [1.165, 1.54) is 0 Å². The van der Waals surface area contributed by atoms with E-state index in [2.05, 4.69) is 17.4 Å². The van der Waals surface area contributed by atoms with Gasteiger partial charge in [0.05, 0.1) is 12.2 Å². The molecule has 6 nitrogen and oxygen atoms in total. The molecule has 2 heterocycles. The molecule has 0 aromatic heterocycles.